The smallest absolute Gasteiger partial charge is 0.462 e. The van der Waals surface area contributed by atoms with Crippen molar-refractivity contribution >= 4 is 25.5 Å². The van der Waals surface area contributed by atoms with Gasteiger partial charge < -0.3 is 19.3 Å². The summed E-state index contributed by atoms with van der Waals surface area (Å²) < 4.78 is 26.4. The van der Waals surface area contributed by atoms with Crippen LogP contribution in [-0.2, 0) is 32.9 Å². The Morgan fingerprint density at radius 1 is 0.528 bits per heavy atom. The first-order valence-corrected chi connectivity index (χ1v) is 23.1. The molecule has 0 aliphatic carbocycles. The number of phosphoric acid groups is 1. The summed E-state index contributed by atoms with van der Waals surface area (Å²) >= 11 is 0. The summed E-state index contributed by atoms with van der Waals surface area (Å²) in [6.07, 6.45) is 40.2. The number of hydrogen-bond donors (Lipinski definition) is 2. The van der Waals surface area contributed by atoms with Gasteiger partial charge in [-0.25, -0.2) is 4.57 Å². The summed E-state index contributed by atoms with van der Waals surface area (Å²) in [5.74, 6) is -0.761. The van der Waals surface area contributed by atoms with Crippen LogP contribution in [0, 0.1) is 0 Å². The Morgan fingerprint density at radius 2 is 0.943 bits per heavy atom. The fraction of sp³-hybridized carbons (Fsp3) is 0.837. The molecular weight excluding hydrogens is 691 g/mol. The Kier molecular flexibility index (Phi) is 37.2. The Balaban J connectivity index is 3.93. The standard InChI is InChI=1S/C43H79O9P/c1-3-5-7-8-9-10-11-12-13-14-15-16-17-18-19-22-26-29-33-37-43(46)52-41(39-51-53(47,48)49)38-50-42(45)36-32-28-25-23-20-21-24-27-31-35-40(44)34-30-6-4-2/h24,27,31,35,41H,3-23,25-26,28-30,32-34,36-39H2,1-2H3,(H2,47,48,49)/b27-24-,35-31+/t41-/m1/s1. The highest BCUT2D eigenvalue weighted by Crippen LogP contribution is 2.36. The van der Waals surface area contributed by atoms with Crippen LogP contribution in [0.25, 0.3) is 0 Å². The summed E-state index contributed by atoms with van der Waals surface area (Å²) in [7, 11) is -4.77. The van der Waals surface area contributed by atoms with Gasteiger partial charge in [-0.05, 0) is 38.2 Å². The Morgan fingerprint density at radius 3 is 1.43 bits per heavy atom. The van der Waals surface area contributed by atoms with Crippen LogP contribution in [0.5, 0.6) is 0 Å². The largest absolute Gasteiger partial charge is 0.469 e. The normalized spacial score (nSPS) is 12.5. The van der Waals surface area contributed by atoms with E-state index in [2.05, 4.69) is 24.4 Å². The van der Waals surface area contributed by atoms with Gasteiger partial charge in [-0.3, -0.25) is 18.9 Å². The summed E-state index contributed by atoms with van der Waals surface area (Å²) in [5.41, 5.74) is 0. The zero-order chi connectivity index (χ0) is 39.1. The van der Waals surface area contributed by atoms with Crippen molar-refractivity contribution in [1.82, 2.24) is 0 Å². The van der Waals surface area contributed by atoms with Crippen molar-refractivity contribution in [3.8, 4) is 0 Å². The van der Waals surface area contributed by atoms with Crippen molar-refractivity contribution < 1.29 is 42.7 Å². The molecule has 0 rings (SSSR count). The maximum atomic E-state index is 12.4. The van der Waals surface area contributed by atoms with Gasteiger partial charge in [0, 0.05) is 19.3 Å². The van der Waals surface area contributed by atoms with E-state index >= 15 is 0 Å². The van der Waals surface area contributed by atoms with Gasteiger partial charge in [0.1, 0.15) is 6.61 Å². The second-order valence-electron chi connectivity index (χ2n) is 14.7. The van der Waals surface area contributed by atoms with Crippen LogP contribution in [0.15, 0.2) is 24.3 Å². The van der Waals surface area contributed by atoms with Gasteiger partial charge in [-0.2, -0.15) is 0 Å². The van der Waals surface area contributed by atoms with Crippen LogP contribution in [0.4, 0.5) is 0 Å². The first-order valence-electron chi connectivity index (χ1n) is 21.6. The average Bonchev–Trinajstić information content (AvgIpc) is 3.12. The van der Waals surface area contributed by atoms with Gasteiger partial charge in [0.25, 0.3) is 0 Å². The zero-order valence-corrected chi connectivity index (χ0v) is 34.8. The topological polar surface area (TPSA) is 136 Å². The molecule has 0 heterocycles. The number of allylic oxidation sites excluding steroid dienone is 4. The molecule has 0 aliphatic rings. The molecule has 0 radical (unpaired) electrons. The molecule has 1 atom stereocenters. The van der Waals surface area contributed by atoms with E-state index < -0.39 is 32.5 Å². The van der Waals surface area contributed by atoms with Crippen molar-refractivity contribution in [3.05, 3.63) is 24.3 Å². The monoisotopic (exact) mass is 771 g/mol. The molecule has 2 N–H and O–H groups in total. The van der Waals surface area contributed by atoms with Crippen molar-refractivity contribution in [1.29, 1.82) is 0 Å². The SMILES string of the molecule is CCCCCCCCCCCCCCCCCCCCCC(=O)O[C@H](COC(=O)CCCCCCC/C=C\C=C\C(=O)CCCCC)COP(=O)(O)O. The summed E-state index contributed by atoms with van der Waals surface area (Å²) in [6, 6.07) is 0. The van der Waals surface area contributed by atoms with Crippen LogP contribution in [0.3, 0.4) is 0 Å². The number of hydrogen-bond acceptors (Lipinski definition) is 7. The molecule has 310 valence electrons. The lowest BCUT2D eigenvalue weighted by atomic mass is 10.0. The predicted octanol–water partition coefficient (Wildman–Crippen LogP) is 12.4. The number of phosphoric ester groups is 1. The minimum Gasteiger partial charge on any atom is -0.462 e. The van der Waals surface area contributed by atoms with Gasteiger partial charge in [0.2, 0.25) is 0 Å². The molecule has 0 amide bonds. The summed E-state index contributed by atoms with van der Waals surface area (Å²) in [6.45, 7) is 3.52. The molecule has 0 saturated carbocycles. The van der Waals surface area contributed by atoms with Crippen molar-refractivity contribution in [2.75, 3.05) is 13.2 Å². The number of esters is 2. The molecule has 0 aromatic rings. The van der Waals surface area contributed by atoms with Crippen molar-refractivity contribution in [2.24, 2.45) is 0 Å². The first kappa shape index (κ1) is 51.2. The molecular formula is C43H79O9P. The van der Waals surface area contributed by atoms with E-state index in [0.29, 0.717) is 19.3 Å². The maximum Gasteiger partial charge on any atom is 0.469 e. The Bertz CT molecular complexity index is 975. The second-order valence-corrected chi connectivity index (χ2v) is 16.0. The maximum absolute atomic E-state index is 12.4. The molecule has 0 aromatic heterocycles. The third-order valence-electron chi connectivity index (χ3n) is 9.45. The highest BCUT2D eigenvalue weighted by molar-refractivity contribution is 7.46. The van der Waals surface area contributed by atoms with E-state index in [9.17, 15) is 18.9 Å². The molecule has 9 nitrogen and oxygen atoms in total. The van der Waals surface area contributed by atoms with Crippen LogP contribution < -0.4 is 0 Å². The van der Waals surface area contributed by atoms with Crippen LogP contribution in [0.1, 0.15) is 213 Å². The lowest BCUT2D eigenvalue weighted by Crippen LogP contribution is -2.29. The molecule has 0 aromatic carbocycles. The quantitative estimate of drug-likeness (QED) is 0.0205. The van der Waals surface area contributed by atoms with Gasteiger partial charge in [-0.1, -0.05) is 180 Å². The van der Waals surface area contributed by atoms with Gasteiger partial charge in [0.05, 0.1) is 6.61 Å². The predicted molar refractivity (Wildman–Crippen MR) is 217 cm³/mol. The molecule has 0 unspecified atom stereocenters. The van der Waals surface area contributed by atoms with E-state index in [0.717, 1.165) is 70.6 Å². The van der Waals surface area contributed by atoms with Gasteiger partial charge in [-0.15, -0.1) is 0 Å². The van der Waals surface area contributed by atoms with Crippen LogP contribution >= 0.6 is 7.82 Å². The Hall–Kier alpha value is -1.80. The van der Waals surface area contributed by atoms with E-state index in [-0.39, 0.29) is 25.2 Å². The molecule has 0 aliphatic heterocycles. The van der Waals surface area contributed by atoms with Crippen LogP contribution in [0.2, 0.25) is 0 Å². The van der Waals surface area contributed by atoms with E-state index in [1.54, 1.807) is 6.08 Å². The molecule has 0 spiro atoms. The zero-order valence-electron chi connectivity index (χ0n) is 33.9. The van der Waals surface area contributed by atoms with Crippen molar-refractivity contribution in [3.63, 3.8) is 0 Å². The van der Waals surface area contributed by atoms with Gasteiger partial charge in [0.15, 0.2) is 11.9 Å². The highest BCUT2D eigenvalue weighted by atomic mass is 31.2. The highest BCUT2D eigenvalue weighted by Gasteiger charge is 2.23. The fourth-order valence-electron chi connectivity index (χ4n) is 6.18. The molecule has 10 heteroatoms. The third-order valence-corrected chi connectivity index (χ3v) is 9.93. The molecule has 0 bridgehead atoms. The molecule has 0 saturated heterocycles. The summed E-state index contributed by atoms with van der Waals surface area (Å²) in [4.78, 5) is 54.6. The Labute approximate surface area is 324 Å². The number of ketones is 1. The number of rotatable bonds is 40. The first-order chi connectivity index (χ1) is 25.7. The van der Waals surface area contributed by atoms with Gasteiger partial charge >= 0.3 is 19.8 Å². The van der Waals surface area contributed by atoms with E-state index in [4.69, 9.17) is 19.3 Å². The number of carbonyl (C=O) groups is 3. The minimum atomic E-state index is -4.77. The number of carbonyl (C=O) groups excluding carboxylic acids is 3. The van der Waals surface area contributed by atoms with Crippen molar-refractivity contribution in [2.45, 2.75) is 219 Å². The third kappa shape index (κ3) is 41.2. The number of unbranched alkanes of at least 4 members (excludes halogenated alkanes) is 25. The van der Waals surface area contributed by atoms with Crippen LogP contribution in [-0.4, -0.2) is 46.8 Å². The lowest BCUT2D eigenvalue weighted by Gasteiger charge is -2.18. The van der Waals surface area contributed by atoms with E-state index in [1.807, 2.05) is 12.2 Å². The van der Waals surface area contributed by atoms with E-state index in [1.165, 1.54) is 96.3 Å². The average molecular weight is 771 g/mol. The summed E-state index contributed by atoms with van der Waals surface area (Å²) in [5, 5.41) is 0. The minimum absolute atomic E-state index is 0.175. The molecule has 53 heavy (non-hydrogen) atoms. The number of ether oxygens (including phenoxy) is 2. The fourth-order valence-corrected chi connectivity index (χ4v) is 6.54. The lowest BCUT2D eigenvalue weighted by molar-refractivity contribution is -0.161. The molecule has 0 fully saturated rings. The second kappa shape index (κ2) is 38.5.